The molecule has 1 aliphatic rings. The zero-order valence-electron chi connectivity index (χ0n) is 11.9. The van der Waals surface area contributed by atoms with E-state index in [1.165, 1.54) is 0 Å². The Morgan fingerprint density at radius 1 is 1.40 bits per heavy atom. The molecule has 1 atom stereocenters. The Morgan fingerprint density at radius 2 is 2.00 bits per heavy atom. The molecule has 6 amide bonds. The van der Waals surface area contributed by atoms with Crippen LogP contribution in [0.25, 0.3) is 0 Å². The van der Waals surface area contributed by atoms with Crippen molar-refractivity contribution in [3.63, 3.8) is 0 Å². The van der Waals surface area contributed by atoms with E-state index in [9.17, 15) is 19.2 Å². The number of carbonyl (C=O) groups is 4. The summed E-state index contributed by atoms with van der Waals surface area (Å²) in [6.07, 6.45) is 0.349. The van der Waals surface area contributed by atoms with Crippen molar-refractivity contribution in [3.8, 4) is 0 Å². The van der Waals surface area contributed by atoms with Crippen LogP contribution in [0, 0.1) is 5.92 Å². The first-order valence-corrected chi connectivity index (χ1v) is 6.39. The summed E-state index contributed by atoms with van der Waals surface area (Å²) in [7, 11) is 0. The van der Waals surface area contributed by atoms with Crippen molar-refractivity contribution >= 4 is 23.9 Å². The van der Waals surface area contributed by atoms with E-state index < -0.39 is 23.5 Å². The van der Waals surface area contributed by atoms with Gasteiger partial charge in [0.15, 0.2) is 0 Å². The molecule has 0 saturated carbocycles. The second-order valence-corrected chi connectivity index (χ2v) is 5.48. The molecule has 0 spiro atoms. The van der Waals surface area contributed by atoms with Crippen molar-refractivity contribution in [1.29, 1.82) is 0 Å². The molecule has 8 heteroatoms. The van der Waals surface area contributed by atoms with Crippen LogP contribution >= 0.6 is 0 Å². The SMILES string of the molecule is CC(C)C[C@]1(C)NC(=O)N(CCC(=O)NC(N)=O)C1=O. The number of nitrogens with one attached hydrogen (secondary N) is 2. The highest BCUT2D eigenvalue weighted by Crippen LogP contribution is 2.24. The Labute approximate surface area is 117 Å². The number of amides is 6. The molecule has 1 heterocycles. The smallest absolute Gasteiger partial charge is 0.325 e. The molecule has 1 fully saturated rings. The third-order valence-corrected chi connectivity index (χ3v) is 2.99. The molecule has 4 N–H and O–H groups in total. The normalized spacial score (nSPS) is 22.1. The van der Waals surface area contributed by atoms with Crippen LogP contribution < -0.4 is 16.4 Å². The van der Waals surface area contributed by atoms with Crippen LogP contribution in [0.1, 0.15) is 33.6 Å². The minimum absolute atomic E-state index is 0.0858. The molecular weight excluding hydrogens is 264 g/mol. The Bertz CT molecular complexity index is 449. The largest absolute Gasteiger partial charge is 0.351 e. The Morgan fingerprint density at radius 3 is 2.50 bits per heavy atom. The molecule has 8 nitrogen and oxygen atoms in total. The number of carbonyl (C=O) groups excluding carboxylic acids is 4. The standard InChI is InChI=1S/C12H20N4O4/c1-7(2)6-12(3)9(18)16(11(20)15-12)5-4-8(17)14-10(13)19/h7H,4-6H2,1-3H3,(H,15,20)(H3,13,14,17,19)/t12-/m0/s1. The van der Waals surface area contributed by atoms with E-state index in [0.717, 1.165) is 4.90 Å². The third kappa shape index (κ3) is 3.69. The summed E-state index contributed by atoms with van der Waals surface area (Å²) in [5.41, 5.74) is 3.86. The van der Waals surface area contributed by atoms with Crippen LogP contribution in [-0.4, -0.2) is 40.9 Å². The summed E-state index contributed by atoms with van der Waals surface area (Å²) in [4.78, 5) is 46.8. The van der Waals surface area contributed by atoms with Crippen LogP contribution in [0.15, 0.2) is 0 Å². The maximum atomic E-state index is 12.2. The highest BCUT2D eigenvalue weighted by Gasteiger charge is 2.47. The molecule has 0 aromatic rings. The highest BCUT2D eigenvalue weighted by molar-refractivity contribution is 6.07. The second kappa shape index (κ2) is 5.89. The zero-order valence-corrected chi connectivity index (χ0v) is 11.9. The van der Waals surface area contributed by atoms with Gasteiger partial charge >= 0.3 is 12.1 Å². The van der Waals surface area contributed by atoms with Gasteiger partial charge in [-0.15, -0.1) is 0 Å². The van der Waals surface area contributed by atoms with Gasteiger partial charge < -0.3 is 11.1 Å². The van der Waals surface area contributed by atoms with E-state index in [-0.39, 0.29) is 24.8 Å². The average molecular weight is 284 g/mol. The molecule has 1 rings (SSSR count). The van der Waals surface area contributed by atoms with Crippen molar-refractivity contribution < 1.29 is 19.2 Å². The molecule has 0 bridgehead atoms. The fourth-order valence-electron chi connectivity index (χ4n) is 2.32. The lowest BCUT2D eigenvalue weighted by atomic mass is 9.91. The van der Waals surface area contributed by atoms with Crippen LogP contribution in [0.2, 0.25) is 0 Å². The molecule has 0 aliphatic carbocycles. The zero-order chi connectivity index (χ0) is 15.5. The van der Waals surface area contributed by atoms with E-state index in [1.807, 2.05) is 19.2 Å². The first-order valence-electron chi connectivity index (χ1n) is 6.39. The van der Waals surface area contributed by atoms with E-state index >= 15 is 0 Å². The van der Waals surface area contributed by atoms with Crippen LogP contribution in [-0.2, 0) is 9.59 Å². The van der Waals surface area contributed by atoms with Gasteiger partial charge in [0, 0.05) is 13.0 Å². The predicted octanol–water partition coefficient (Wildman–Crippen LogP) is -0.0720. The van der Waals surface area contributed by atoms with Crippen molar-refractivity contribution in [3.05, 3.63) is 0 Å². The van der Waals surface area contributed by atoms with Gasteiger partial charge in [-0.2, -0.15) is 0 Å². The maximum Gasteiger partial charge on any atom is 0.325 e. The third-order valence-electron chi connectivity index (χ3n) is 2.99. The Balaban J connectivity index is 2.64. The van der Waals surface area contributed by atoms with Crippen molar-refractivity contribution in [2.45, 2.75) is 39.2 Å². The number of imide groups is 2. The van der Waals surface area contributed by atoms with E-state index in [4.69, 9.17) is 5.73 Å². The number of primary amides is 1. The van der Waals surface area contributed by atoms with Crippen molar-refractivity contribution in [1.82, 2.24) is 15.5 Å². The average Bonchev–Trinajstić information content (AvgIpc) is 2.45. The summed E-state index contributed by atoms with van der Waals surface area (Å²) in [6.45, 7) is 5.48. The van der Waals surface area contributed by atoms with Gasteiger partial charge in [0.1, 0.15) is 5.54 Å². The lowest BCUT2D eigenvalue weighted by molar-refractivity contribution is -0.131. The number of hydrogen-bond acceptors (Lipinski definition) is 4. The Hall–Kier alpha value is -2.12. The van der Waals surface area contributed by atoms with Crippen LogP contribution in [0.3, 0.4) is 0 Å². The second-order valence-electron chi connectivity index (χ2n) is 5.48. The lowest BCUT2D eigenvalue weighted by Gasteiger charge is -2.23. The molecule has 0 aromatic carbocycles. The van der Waals surface area contributed by atoms with E-state index in [1.54, 1.807) is 6.92 Å². The monoisotopic (exact) mass is 284 g/mol. The molecule has 1 saturated heterocycles. The van der Waals surface area contributed by atoms with Gasteiger partial charge in [-0.1, -0.05) is 13.8 Å². The minimum Gasteiger partial charge on any atom is -0.351 e. The van der Waals surface area contributed by atoms with Crippen molar-refractivity contribution in [2.24, 2.45) is 11.7 Å². The molecule has 0 unspecified atom stereocenters. The molecule has 1 aliphatic heterocycles. The minimum atomic E-state index is -0.961. The van der Waals surface area contributed by atoms with Gasteiger partial charge in [0.25, 0.3) is 5.91 Å². The predicted molar refractivity (Wildman–Crippen MR) is 70.4 cm³/mol. The molecule has 0 radical (unpaired) electrons. The number of hydrogen-bond donors (Lipinski definition) is 3. The van der Waals surface area contributed by atoms with Gasteiger partial charge in [0.05, 0.1) is 0 Å². The first kappa shape index (κ1) is 15.9. The molecule has 0 aromatic heterocycles. The topological polar surface area (TPSA) is 122 Å². The molecular formula is C12H20N4O4. The maximum absolute atomic E-state index is 12.2. The number of urea groups is 2. The summed E-state index contributed by atoms with van der Waals surface area (Å²) in [6, 6.07) is -1.48. The summed E-state index contributed by atoms with van der Waals surface area (Å²) < 4.78 is 0. The van der Waals surface area contributed by atoms with Crippen molar-refractivity contribution in [2.75, 3.05) is 6.54 Å². The number of nitrogens with zero attached hydrogens (tertiary/aromatic N) is 1. The summed E-state index contributed by atoms with van der Waals surface area (Å²) in [5, 5.41) is 4.52. The number of nitrogens with two attached hydrogens (primary N) is 1. The summed E-state index contributed by atoms with van der Waals surface area (Å²) >= 11 is 0. The summed E-state index contributed by atoms with van der Waals surface area (Å²) in [5.74, 6) is -0.749. The Kier molecular flexibility index (Phi) is 4.69. The van der Waals surface area contributed by atoms with Gasteiger partial charge in [-0.3, -0.25) is 19.8 Å². The number of rotatable bonds is 5. The van der Waals surface area contributed by atoms with E-state index in [0.29, 0.717) is 6.42 Å². The molecule has 112 valence electrons. The van der Waals surface area contributed by atoms with Crippen LogP contribution in [0.5, 0.6) is 0 Å². The lowest BCUT2D eigenvalue weighted by Crippen LogP contribution is -2.45. The first-order chi connectivity index (χ1) is 9.15. The van der Waals surface area contributed by atoms with Gasteiger partial charge in [-0.05, 0) is 19.3 Å². The van der Waals surface area contributed by atoms with Crippen LogP contribution in [0.4, 0.5) is 9.59 Å². The molecule has 20 heavy (non-hydrogen) atoms. The van der Waals surface area contributed by atoms with Gasteiger partial charge in [-0.25, -0.2) is 9.59 Å². The quantitative estimate of drug-likeness (QED) is 0.611. The van der Waals surface area contributed by atoms with Gasteiger partial charge in [0.2, 0.25) is 5.91 Å². The fraction of sp³-hybridized carbons (Fsp3) is 0.667. The fourth-order valence-corrected chi connectivity index (χ4v) is 2.32. The van der Waals surface area contributed by atoms with E-state index in [2.05, 4.69) is 5.32 Å². The highest BCUT2D eigenvalue weighted by atomic mass is 16.2.